The van der Waals surface area contributed by atoms with Crippen LogP contribution in [0, 0.1) is 17.1 Å². The van der Waals surface area contributed by atoms with Crippen molar-refractivity contribution in [2.45, 2.75) is 37.7 Å². The number of anilines is 1. The Bertz CT molecular complexity index is 1500. The van der Waals surface area contributed by atoms with Gasteiger partial charge in [-0.15, -0.1) is 0 Å². The summed E-state index contributed by atoms with van der Waals surface area (Å²) in [6, 6.07) is 9.03. The molecule has 0 bridgehead atoms. The Hall–Kier alpha value is -3.37. The van der Waals surface area contributed by atoms with Crippen LogP contribution in [0.2, 0.25) is 0 Å². The molecular formula is C26H29FN6O4S. The molecule has 2 saturated heterocycles. The molecule has 0 aliphatic carbocycles. The Balaban J connectivity index is 1.42. The molecule has 5 rings (SSSR count). The van der Waals surface area contributed by atoms with Crippen LogP contribution in [0.4, 0.5) is 10.1 Å². The maximum atomic E-state index is 14.8. The molecule has 1 spiro atoms. The minimum Gasteiger partial charge on any atom is -0.453 e. The third-order valence-corrected chi connectivity index (χ3v) is 8.77. The lowest BCUT2D eigenvalue weighted by Gasteiger charge is -2.32. The SMILES string of the molecule is CCN(C)S(=O)(=O)Nc1ccc(F)c(Oc2ccc3ncc([C@@H]4COC5(CCNCC5)C4)nc3c2)c1C#N. The molecule has 1 atom stereocenters. The first kappa shape index (κ1) is 26.2. The van der Waals surface area contributed by atoms with E-state index >= 15 is 0 Å². The van der Waals surface area contributed by atoms with Crippen LogP contribution >= 0.6 is 0 Å². The van der Waals surface area contributed by atoms with E-state index in [0.29, 0.717) is 17.6 Å². The number of piperidine rings is 1. The number of fused-ring (bicyclic) bond motifs is 1. The number of hydrogen-bond acceptors (Lipinski definition) is 8. The van der Waals surface area contributed by atoms with Crippen molar-refractivity contribution in [2.24, 2.45) is 0 Å². The fourth-order valence-electron chi connectivity index (χ4n) is 4.89. The standard InChI is InChI=1S/C26H29FN6O4S/c1-3-33(2)38(34,35)32-21-7-5-20(27)25(19(21)14-28)37-18-4-6-22-23(12-18)31-24(15-30-22)17-13-26(36-16-17)8-10-29-11-9-26/h4-7,12,15,17,29,32H,3,8-11,13,16H2,1-2H3/t17-/m0/s1. The van der Waals surface area contributed by atoms with Gasteiger partial charge in [0.2, 0.25) is 0 Å². The first-order chi connectivity index (χ1) is 18.2. The van der Waals surface area contributed by atoms with Gasteiger partial charge in [0.15, 0.2) is 11.6 Å². The fraction of sp³-hybridized carbons (Fsp3) is 0.423. The number of nitrogens with one attached hydrogen (secondary N) is 2. The molecule has 3 aromatic rings. The second kappa shape index (κ2) is 10.4. The highest BCUT2D eigenvalue weighted by molar-refractivity contribution is 7.90. The summed E-state index contributed by atoms with van der Waals surface area (Å²) in [7, 11) is -2.54. The Morgan fingerprint density at radius 1 is 1.29 bits per heavy atom. The average Bonchev–Trinajstić information content (AvgIpc) is 3.32. The smallest absolute Gasteiger partial charge is 0.301 e. The summed E-state index contributed by atoms with van der Waals surface area (Å²) in [6.07, 6.45) is 4.60. The van der Waals surface area contributed by atoms with Gasteiger partial charge in [0.1, 0.15) is 17.4 Å². The zero-order valence-electron chi connectivity index (χ0n) is 21.2. The summed E-state index contributed by atoms with van der Waals surface area (Å²) in [4.78, 5) is 9.35. The second-order valence-electron chi connectivity index (χ2n) is 9.62. The van der Waals surface area contributed by atoms with Crippen molar-refractivity contribution in [3.8, 4) is 17.6 Å². The van der Waals surface area contributed by atoms with Gasteiger partial charge < -0.3 is 14.8 Å². The predicted octanol–water partition coefficient (Wildman–Crippen LogP) is 3.67. The third-order valence-electron chi connectivity index (χ3n) is 7.21. The van der Waals surface area contributed by atoms with Gasteiger partial charge in [0.05, 0.1) is 34.6 Å². The van der Waals surface area contributed by atoms with Crippen LogP contribution in [0.25, 0.3) is 11.0 Å². The van der Waals surface area contributed by atoms with Crippen LogP contribution < -0.4 is 14.8 Å². The van der Waals surface area contributed by atoms with Gasteiger partial charge in [0, 0.05) is 31.8 Å². The molecule has 2 aliphatic heterocycles. The number of aromatic nitrogens is 2. The summed E-state index contributed by atoms with van der Waals surface area (Å²) in [5.41, 5.74) is 1.56. The van der Waals surface area contributed by atoms with Gasteiger partial charge in [0.25, 0.3) is 0 Å². The van der Waals surface area contributed by atoms with E-state index in [0.717, 1.165) is 48.4 Å². The molecule has 3 heterocycles. The quantitative estimate of drug-likeness (QED) is 0.464. The molecule has 10 nitrogen and oxygen atoms in total. The van der Waals surface area contributed by atoms with E-state index in [-0.39, 0.29) is 40.8 Å². The lowest BCUT2D eigenvalue weighted by Crippen LogP contribution is -2.41. The molecule has 0 saturated carbocycles. The van der Waals surface area contributed by atoms with E-state index in [4.69, 9.17) is 14.5 Å². The van der Waals surface area contributed by atoms with Crippen LogP contribution in [0.15, 0.2) is 36.5 Å². The highest BCUT2D eigenvalue weighted by Gasteiger charge is 2.42. The van der Waals surface area contributed by atoms with Crippen molar-refractivity contribution in [2.75, 3.05) is 38.0 Å². The molecule has 0 unspecified atom stereocenters. The van der Waals surface area contributed by atoms with Crippen molar-refractivity contribution in [1.29, 1.82) is 5.26 Å². The molecular weight excluding hydrogens is 511 g/mol. The van der Waals surface area contributed by atoms with E-state index in [2.05, 4.69) is 15.0 Å². The highest BCUT2D eigenvalue weighted by Crippen LogP contribution is 2.41. The lowest BCUT2D eigenvalue weighted by molar-refractivity contribution is -0.0193. The van der Waals surface area contributed by atoms with Crippen LogP contribution in [0.1, 0.15) is 43.4 Å². The lowest BCUT2D eigenvalue weighted by atomic mass is 9.85. The molecule has 1 aromatic heterocycles. The summed E-state index contributed by atoms with van der Waals surface area (Å²) in [6.45, 7) is 4.35. The first-order valence-corrected chi connectivity index (χ1v) is 13.9. The zero-order chi connectivity index (χ0) is 26.9. The normalized spacial score (nSPS) is 19.1. The van der Waals surface area contributed by atoms with E-state index in [1.807, 2.05) is 6.07 Å². The number of rotatable bonds is 7. The molecule has 38 heavy (non-hydrogen) atoms. The number of hydrogen-bond donors (Lipinski definition) is 2. The topological polar surface area (TPSA) is 129 Å². The third kappa shape index (κ3) is 5.15. The van der Waals surface area contributed by atoms with Crippen LogP contribution in [-0.4, -0.2) is 61.6 Å². The van der Waals surface area contributed by atoms with Gasteiger partial charge in [-0.25, -0.2) is 9.37 Å². The molecule has 0 radical (unpaired) electrons. The molecule has 2 N–H and O–H groups in total. The van der Waals surface area contributed by atoms with Crippen molar-refractivity contribution < 1.29 is 22.3 Å². The van der Waals surface area contributed by atoms with E-state index in [9.17, 15) is 18.1 Å². The van der Waals surface area contributed by atoms with E-state index in [1.165, 1.54) is 13.1 Å². The Kier molecular flexibility index (Phi) is 7.19. The molecule has 12 heteroatoms. The summed E-state index contributed by atoms with van der Waals surface area (Å²) in [5, 5.41) is 13.1. The number of nitriles is 1. The maximum absolute atomic E-state index is 14.8. The van der Waals surface area contributed by atoms with E-state index < -0.39 is 16.0 Å². The summed E-state index contributed by atoms with van der Waals surface area (Å²) >= 11 is 0. The van der Waals surface area contributed by atoms with Gasteiger partial charge in [-0.3, -0.25) is 9.71 Å². The van der Waals surface area contributed by atoms with E-state index in [1.54, 1.807) is 31.3 Å². The van der Waals surface area contributed by atoms with Crippen molar-refractivity contribution in [3.63, 3.8) is 0 Å². The Labute approximate surface area is 221 Å². The number of benzene rings is 2. The van der Waals surface area contributed by atoms with Crippen LogP contribution in [-0.2, 0) is 14.9 Å². The van der Waals surface area contributed by atoms with Gasteiger partial charge >= 0.3 is 10.2 Å². The van der Waals surface area contributed by atoms with Gasteiger partial charge in [-0.1, -0.05) is 6.92 Å². The van der Waals surface area contributed by atoms with Crippen molar-refractivity contribution in [1.82, 2.24) is 19.6 Å². The van der Waals surface area contributed by atoms with Crippen LogP contribution in [0.3, 0.4) is 0 Å². The van der Waals surface area contributed by atoms with Crippen molar-refractivity contribution >= 4 is 26.9 Å². The van der Waals surface area contributed by atoms with Gasteiger partial charge in [-0.05, 0) is 56.6 Å². The minimum absolute atomic E-state index is 0.0832. The molecule has 200 valence electrons. The summed E-state index contributed by atoms with van der Waals surface area (Å²) < 4.78 is 55.2. The van der Waals surface area contributed by atoms with Crippen LogP contribution in [0.5, 0.6) is 11.5 Å². The second-order valence-corrected chi connectivity index (χ2v) is 11.4. The monoisotopic (exact) mass is 540 g/mol. The summed E-state index contributed by atoms with van der Waals surface area (Å²) in [5.74, 6) is -0.818. The Morgan fingerprint density at radius 2 is 2.08 bits per heavy atom. The molecule has 2 fully saturated rings. The number of ether oxygens (including phenoxy) is 2. The molecule has 2 aliphatic rings. The number of halogens is 1. The first-order valence-electron chi connectivity index (χ1n) is 12.5. The number of nitrogens with zero attached hydrogens (tertiary/aromatic N) is 4. The highest BCUT2D eigenvalue weighted by atomic mass is 32.2. The Morgan fingerprint density at radius 3 is 2.82 bits per heavy atom. The minimum atomic E-state index is -3.93. The zero-order valence-corrected chi connectivity index (χ0v) is 22.0. The fourth-order valence-corrected chi connectivity index (χ4v) is 5.83. The van der Waals surface area contributed by atoms with Crippen molar-refractivity contribution in [3.05, 3.63) is 53.6 Å². The molecule has 2 aromatic carbocycles. The molecule has 0 amide bonds. The maximum Gasteiger partial charge on any atom is 0.301 e. The van der Waals surface area contributed by atoms with Gasteiger partial charge in [-0.2, -0.15) is 18.0 Å². The predicted molar refractivity (Wildman–Crippen MR) is 140 cm³/mol. The largest absolute Gasteiger partial charge is 0.453 e. The average molecular weight is 541 g/mol.